The summed E-state index contributed by atoms with van der Waals surface area (Å²) in [7, 11) is 1.43. The first-order valence-corrected chi connectivity index (χ1v) is 10.9. The van der Waals surface area contributed by atoms with Crippen LogP contribution in [0.2, 0.25) is 0 Å². The summed E-state index contributed by atoms with van der Waals surface area (Å²) in [4.78, 5) is 50.1. The molecule has 0 atom stereocenters. The number of ether oxygens (including phenoxy) is 2. The lowest BCUT2D eigenvalue weighted by molar-refractivity contribution is -0.132. The summed E-state index contributed by atoms with van der Waals surface area (Å²) in [5.41, 5.74) is 4.13. The number of hydrogen-bond acceptors (Lipinski definition) is 7. The second kappa shape index (κ2) is 9.91. The number of aryl methyl sites for hydroxylation is 3. The Labute approximate surface area is 195 Å². The molecule has 0 spiro atoms. The van der Waals surface area contributed by atoms with Crippen LogP contribution in [0.4, 0.5) is 10.5 Å². The fraction of sp³-hybridized carbons (Fsp3) is 0.250. The molecule has 9 heteroatoms. The molecule has 172 valence electrons. The van der Waals surface area contributed by atoms with E-state index in [1.165, 1.54) is 26.2 Å². The van der Waals surface area contributed by atoms with E-state index in [4.69, 9.17) is 9.47 Å². The maximum atomic E-state index is 12.8. The largest absolute Gasteiger partial charge is 0.493 e. The van der Waals surface area contributed by atoms with Gasteiger partial charge in [-0.25, -0.2) is 0 Å². The first-order valence-electron chi connectivity index (χ1n) is 10.1. The van der Waals surface area contributed by atoms with Crippen LogP contribution in [-0.4, -0.2) is 41.6 Å². The van der Waals surface area contributed by atoms with Crippen LogP contribution < -0.4 is 14.8 Å². The van der Waals surface area contributed by atoms with E-state index in [9.17, 15) is 19.2 Å². The van der Waals surface area contributed by atoms with Crippen LogP contribution in [0.15, 0.2) is 35.2 Å². The zero-order chi connectivity index (χ0) is 24.3. The van der Waals surface area contributed by atoms with Gasteiger partial charge in [-0.15, -0.1) is 0 Å². The Morgan fingerprint density at radius 2 is 1.73 bits per heavy atom. The van der Waals surface area contributed by atoms with E-state index in [2.05, 4.69) is 5.32 Å². The lowest BCUT2D eigenvalue weighted by atomic mass is 10.1. The van der Waals surface area contributed by atoms with E-state index in [1.807, 2.05) is 32.9 Å². The van der Waals surface area contributed by atoms with Crippen LogP contribution in [0.1, 0.15) is 29.2 Å². The van der Waals surface area contributed by atoms with E-state index in [0.717, 1.165) is 33.4 Å². The number of anilines is 1. The van der Waals surface area contributed by atoms with Crippen molar-refractivity contribution < 1.29 is 28.7 Å². The van der Waals surface area contributed by atoms with Crippen LogP contribution in [0.5, 0.6) is 11.5 Å². The Hall–Kier alpha value is -3.59. The number of hydrogen-bond donors (Lipinski definition) is 1. The first kappa shape index (κ1) is 24.1. The SMILES string of the molecule is COc1cc(/C=C2\SC(=O)N(CC(=O)Nc3c(C)cc(C)cc3C)C2=O)ccc1OC(C)=O. The Morgan fingerprint density at radius 3 is 2.33 bits per heavy atom. The van der Waals surface area contributed by atoms with Gasteiger partial charge in [0.2, 0.25) is 5.91 Å². The average Bonchev–Trinajstić information content (AvgIpc) is 2.98. The van der Waals surface area contributed by atoms with Crippen LogP contribution in [-0.2, 0) is 14.4 Å². The number of benzene rings is 2. The van der Waals surface area contributed by atoms with Gasteiger partial charge < -0.3 is 14.8 Å². The molecule has 2 aromatic rings. The number of methoxy groups -OCH3 is 1. The molecule has 33 heavy (non-hydrogen) atoms. The summed E-state index contributed by atoms with van der Waals surface area (Å²) in [5.74, 6) is -0.951. The smallest absolute Gasteiger partial charge is 0.308 e. The predicted octanol–water partition coefficient (Wildman–Crippen LogP) is 4.22. The van der Waals surface area contributed by atoms with Crippen molar-refractivity contribution in [3.8, 4) is 11.5 Å². The van der Waals surface area contributed by atoms with Gasteiger partial charge in [0.25, 0.3) is 11.1 Å². The Balaban J connectivity index is 1.75. The van der Waals surface area contributed by atoms with Gasteiger partial charge in [0.15, 0.2) is 11.5 Å². The maximum absolute atomic E-state index is 12.8. The van der Waals surface area contributed by atoms with Crippen molar-refractivity contribution in [2.45, 2.75) is 27.7 Å². The van der Waals surface area contributed by atoms with E-state index in [-0.39, 0.29) is 17.2 Å². The molecule has 2 aromatic carbocycles. The third-order valence-corrected chi connectivity index (χ3v) is 5.76. The number of imide groups is 1. The molecule has 0 bridgehead atoms. The molecule has 0 radical (unpaired) electrons. The van der Waals surface area contributed by atoms with Crippen molar-refractivity contribution in [1.82, 2.24) is 4.90 Å². The number of carbonyl (C=O) groups is 4. The molecule has 8 nitrogen and oxygen atoms in total. The molecule has 1 heterocycles. The monoisotopic (exact) mass is 468 g/mol. The molecule has 3 amide bonds. The van der Waals surface area contributed by atoms with Crippen molar-refractivity contribution in [3.05, 3.63) is 57.5 Å². The minimum Gasteiger partial charge on any atom is -0.493 e. The zero-order valence-corrected chi connectivity index (χ0v) is 19.8. The number of rotatable bonds is 6. The molecule has 0 saturated carbocycles. The standard InChI is InChI=1S/C24H24N2O6S/c1-13-8-14(2)22(15(3)9-13)25-21(28)12-26-23(29)20(33-24(26)30)11-17-6-7-18(32-16(4)27)19(10-17)31-5/h6-11H,12H2,1-5H3,(H,25,28)/b20-11-. The fourth-order valence-corrected chi connectivity index (χ4v) is 4.34. The summed E-state index contributed by atoms with van der Waals surface area (Å²) in [5, 5.41) is 2.28. The van der Waals surface area contributed by atoms with Gasteiger partial charge in [0.1, 0.15) is 6.54 Å². The third kappa shape index (κ3) is 5.61. The highest BCUT2D eigenvalue weighted by Crippen LogP contribution is 2.34. The van der Waals surface area contributed by atoms with Gasteiger partial charge in [-0.3, -0.25) is 24.1 Å². The average molecular weight is 469 g/mol. The molecular weight excluding hydrogens is 444 g/mol. The van der Waals surface area contributed by atoms with Gasteiger partial charge in [-0.05, 0) is 67.4 Å². The van der Waals surface area contributed by atoms with Crippen LogP contribution in [0.3, 0.4) is 0 Å². The molecule has 1 fully saturated rings. The topological polar surface area (TPSA) is 102 Å². The molecule has 1 aliphatic heterocycles. The van der Waals surface area contributed by atoms with Gasteiger partial charge in [0, 0.05) is 12.6 Å². The molecule has 3 rings (SSSR count). The molecule has 0 unspecified atom stereocenters. The third-order valence-electron chi connectivity index (χ3n) is 4.86. The van der Waals surface area contributed by atoms with Crippen molar-refractivity contribution in [1.29, 1.82) is 0 Å². The quantitative estimate of drug-likeness (QED) is 0.385. The lowest BCUT2D eigenvalue weighted by Gasteiger charge is -2.15. The van der Waals surface area contributed by atoms with E-state index in [0.29, 0.717) is 17.0 Å². The summed E-state index contributed by atoms with van der Waals surface area (Å²) in [6, 6.07) is 8.65. The fourth-order valence-electron chi connectivity index (χ4n) is 3.50. The normalized spacial score (nSPS) is 14.6. The summed E-state index contributed by atoms with van der Waals surface area (Å²) in [6.45, 7) is 6.64. The van der Waals surface area contributed by atoms with E-state index >= 15 is 0 Å². The molecule has 1 aliphatic rings. The van der Waals surface area contributed by atoms with Crippen molar-refractivity contribution in [2.75, 3.05) is 19.0 Å². The minimum absolute atomic E-state index is 0.179. The van der Waals surface area contributed by atoms with Crippen LogP contribution in [0, 0.1) is 20.8 Å². The van der Waals surface area contributed by atoms with E-state index < -0.39 is 23.0 Å². The lowest BCUT2D eigenvalue weighted by Crippen LogP contribution is -2.36. The number of nitrogens with one attached hydrogen (secondary N) is 1. The Kier molecular flexibility index (Phi) is 7.23. The highest BCUT2D eigenvalue weighted by molar-refractivity contribution is 8.18. The van der Waals surface area contributed by atoms with Crippen molar-refractivity contribution in [2.24, 2.45) is 0 Å². The summed E-state index contributed by atoms with van der Waals surface area (Å²) < 4.78 is 10.3. The Morgan fingerprint density at radius 1 is 1.06 bits per heavy atom. The van der Waals surface area contributed by atoms with Gasteiger partial charge in [-0.1, -0.05) is 23.8 Å². The summed E-state index contributed by atoms with van der Waals surface area (Å²) >= 11 is 0.754. The number of carbonyl (C=O) groups excluding carboxylic acids is 4. The summed E-state index contributed by atoms with van der Waals surface area (Å²) in [6.07, 6.45) is 1.52. The zero-order valence-electron chi connectivity index (χ0n) is 19.0. The van der Waals surface area contributed by atoms with Gasteiger partial charge in [0.05, 0.1) is 12.0 Å². The highest BCUT2D eigenvalue weighted by atomic mass is 32.2. The second-order valence-electron chi connectivity index (χ2n) is 7.59. The molecule has 1 saturated heterocycles. The molecule has 0 aromatic heterocycles. The van der Waals surface area contributed by atoms with Crippen molar-refractivity contribution >= 4 is 46.5 Å². The second-order valence-corrected chi connectivity index (χ2v) is 8.59. The molecule has 0 aliphatic carbocycles. The van der Waals surface area contributed by atoms with Crippen molar-refractivity contribution in [3.63, 3.8) is 0 Å². The maximum Gasteiger partial charge on any atom is 0.308 e. The minimum atomic E-state index is -0.555. The van der Waals surface area contributed by atoms with Gasteiger partial charge >= 0.3 is 5.97 Å². The van der Waals surface area contributed by atoms with E-state index in [1.54, 1.807) is 12.1 Å². The molecular formula is C24H24N2O6S. The predicted molar refractivity (Wildman–Crippen MR) is 126 cm³/mol. The van der Waals surface area contributed by atoms with Crippen LogP contribution >= 0.6 is 11.8 Å². The highest BCUT2D eigenvalue weighted by Gasteiger charge is 2.36. The number of esters is 1. The number of thioether (sulfide) groups is 1. The number of amides is 3. The van der Waals surface area contributed by atoms with Crippen LogP contribution in [0.25, 0.3) is 6.08 Å². The Bertz CT molecular complexity index is 1160. The first-order chi connectivity index (χ1) is 15.6. The molecule has 1 N–H and O–H groups in total. The number of nitrogens with zero attached hydrogens (tertiary/aromatic N) is 1. The van der Waals surface area contributed by atoms with Gasteiger partial charge in [-0.2, -0.15) is 0 Å².